The summed E-state index contributed by atoms with van der Waals surface area (Å²) in [4.78, 5) is -0.574. The molecule has 0 saturated carbocycles. The van der Waals surface area contributed by atoms with Gasteiger partial charge in [-0.25, -0.2) is 17.2 Å². The van der Waals surface area contributed by atoms with Gasteiger partial charge in [-0.15, -0.1) is 0 Å². The van der Waals surface area contributed by atoms with Crippen LogP contribution in [0.15, 0.2) is 52.5 Å². The second-order valence-electron chi connectivity index (χ2n) is 5.72. The number of alkyl halides is 3. The van der Waals surface area contributed by atoms with Crippen LogP contribution in [0.5, 0.6) is 0 Å². The first-order valence-corrected chi connectivity index (χ1v) is 8.82. The molecular weight excluding hydrogens is 418 g/mol. The van der Waals surface area contributed by atoms with Crippen molar-refractivity contribution in [1.29, 1.82) is 0 Å². The molecule has 0 N–H and O–H groups in total. The Kier molecular flexibility index (Phi) is 6.56. The zero-order chi connectivity index (χ0) is 20.0. The van der Waals surface area contributed by atoms with Gasteiger partial charge in [-0.1, -0.05) is 6.07 Å². The second-order valence-corrected chi connectivity index (χ2v) is 7.10. The fourth-order valence-electron chi connectivity index (χ4n) is 2.70. The largest absolute Gasteiger partial charge is 1.00 e. The summed E-state index contributed by atoms with van der Waals surface area (Å²) in [6.45, 7) is 0. The number of nitrogens with zero attached hydrogens (tertiary/aromatic N) is 2. The molecule has 0 aliphatic carbocycles. The van der Waals surface area contributed by atoms with E-state index in [9.17, 15) is 34.9 Å². The van der Waals surface area contributed by atoms with Crippen LogP contribution in [0.4, 0.5) is 27.6 Å². The summed E-state index contributed by atoms with van der Waals surface area (Å²) in [6, 6.07) is 5.25. The first-order chi connectivity index (χ1) is 12.5. The van der Waals surface area contributed by atoms with Gasteiger partial charge in [-0.05, 0) is 30.3 Å². The summed E-state index contributed by atoms with van der Waals surface area (Å²) < 4.78 is 99.5. The van der Waals surface area contributed by atoms with Crippen molar-refractivity contribution in [2.45, 2.75) is 23.5 Å². The van der Waals surface area contributed by atoms with E-state index in [2.05, 4.69) is 5.10 Å². The van der Waals surface area contributed by atoms with Crippen LogP contribution < -0.4 is 34.6 Å². The van der Waals surface area contributed by atoms with Gasteiger partial charge in [0.1, 0.15) is 27.5 Å². The van der Waals surface area contributed by atoms with Gasteiger partial charge in [0.05, 0.1) is 16.6 Å². The molecule has 1 aliphatic heterocycles. The SMILES string of the molecule is O=S(=O)([O-])c1ccc(N2N=C(C(F)(F)F)C[C@H]2c2ccc(F)cc2F)cc1.[Na+]. The van der Waals surface area contributed by atoms with E-state index in [4.69, 9.17) is 0 Å². The molecule has 0 unspecified atom stereocenters. The fraction of sp³-hybridized carbons (Fsp3) is 0.188. The van der Waals surface area contributed by atoms with E-state index in [-0.39, 0.29) is 40.8 Å². The fourth-order valence-corrected chi connectivity index (χ4v) is 3.17. The predicted octanol–water partition coefficient (Wildman–Crippen LogP) is 0.743. The molecule has 0 fully saturated rings. The predicted molar refractivity (Wildman–Crippen MR) is 84.1 cm³/mol. The first kappa shape index (κ1) is 22.8. The Morgan fingerprint density at radius 2 is 1.68 bits per heavy atom. The first-order valence-electron chi connectivity index (χ1n) is 7.41. The summed E-state index contributed by atoms with van der Waals surface area (Å²) in [7, 11) is -4.74. The number of benzene rings is 2. The van der Waals surface area contributed by atoms with Crippen molar-refractivity contribution in [3.05, 3.63) is 59.7 Å². The molecule has 0 bridgehead atoms. The Labute approximate surface area is 178 Å². The van der Waals surface area contributed by atoms with Crippen molar-refractivity contribution in [3.63, 3.8) is 0 Å². The van der Waals surface area contributed by atoms with Crippen LogP contribution >= 0.6 is 0 Å². The van der Waals surface area contributed by atoms with Crippen LogP contribution in [0.1, 0.15) is 18.0 Å². The third-order valence-corrected chi connectivity index (χ3v) is 4.80. The van der Waals surface area contributed by atoms with E-state index >= 15 is 0 Å². The van der Waals surface area contributed by atoms with Gasteiger partial charge in [-0.3, -0.25) is 5.01 Å². The summed E-state index contributed by atoms with van der Waals surface area (Å²) >= 11 is 0. The molecule has 0 spiro atoms. The van der Waals surface area contributed by atoms with Gasteiger partial charge in [0.25, 0.3) is 0 Å². The van der Waals surface area contributed by atoms with Crippen LogP contribution in [-0.2, 0) is 10.1 Å². The Balaban J connectivity index is 0.00000280. The average molecular weight is 428 g/mol. The van der Waals surface area contributed by atoms with Gasteiger partial charge in [0.15, 0.2) is 0 Å². The van der Waals surface area contributed by atoms with Crippen LogP contribution in [0.2, 0.25) is 0 Å². The molecule has 2 aromatic rings. The molecular formula is C16H10F5N2NaO3S. The molecule has 12 heteroatoms. The van der Waals surface area contributed by atoms with E-state index in [1.807, 2.05) is 0 Å². The van der Waals surface area contributed by atoms with Crippen LogP contribution in [0.25, 0.3) is 0 Å². The third kappa shape index (κ3) is 4.71. The molecule has 0 radical (unpaired) electrons. The molecule has 0 aromatic heterocycles. The Bertz CT molecular complexity index is 1010. The molecule has 2 aromatic carbocycles. The van der Waals surface area contributed by atoms with E-state index in [0.717, 1.165) is 41.4 Å². The van der Waals surface area contributed by atoms with Crippen molar-refractivity contribution in [2.75, 3.05) is 5.01 Å². The van der Waals surface area contributed by atoms with Crippen molar-refractivity contribution in [2.24, 2.45) is 5.10 Å². The number of rotatable bonds is 3. The minimum atomic E-state index is -4.76. The second kappa shape index (κ2) is 8.07. The minimum absolute atomic E-state index is 0. The molecule has 0 saturated heterocycles. The third-order valence-electron chi connectivity index (χ3n) is 3.95. The maximum absolute atomic E-state index is 14.1. The van der Waals surface area contributed by atoms with Gasteiger partial charge in [-0.2, -0.15) is 18.3 Å². The minimum Gasteiger partial charge on any atom is -0.744 e. The van der Waals surface area contributed by atoms with Crippen molar-refractivity contribution >= 4 is 21.5 Å². The maximum Gasteiger partial charge on any atom is 1.00 e. The van der Waals surface area contributed by atoms with Gasteiger partial charge in [0.2, 0.25) is 0 Å². The molecule has 1 atom stereocenters. The quantitative estimate of drug-likeness (QED) is 0.411. The summed E-state index contributed by atoms with van der Waals surface area (Å²) in [5, 5.41) is 4.34. The average Bonchev–Trinajstić information content (AvgIpc) is 2.99. The van der Waals surface area contributed by atoms with Crippen molar-refractivity contribution in [3.8, 4) is 0 Å². The Morgan fingerprint density at radius 1 is 1.07 bits per heavy atom. The Morgan fingerprint density at radius 3 is 2.18 bits per heavy atom. The van der Waals surface area contributed by atoms with E-state index in [1.54, 1.807) is 0 Å². The Hall–Kier alpha value is -1.53. The molecule has 28 heavy (non-hydrogen) atoms. The number of hydrogen-bond acceptors (Lipinski definition) is 5. The van der Waals surface area contributed by atoms with E-state index in [0.29, 0.717) is 6.07 Å². The number of hydrogen-bond donors (Lipinski definition) is 0. The van der Waals surface area contributed by atoms with Crippen LogP contribution in [0, 0.1) is 11.6 Å². The number of halogens is 5. The van der Waals surface area contributed by atoms with Crippen molar-refractivity contribution in [1.82, 2.24) is 0 Å². The topological polar surface area (TPSA) is 72.8 Å². The van der Waals surface area contributed by atoms with Gasteiger partial charge in [0, 0.05) is 18.1 Å². The molecule has 1 heterocycles. The van der Waals surface area contributed by atoms with Crippen LogP contribution in [-0.4, -0.2) is 24.9 Å². The summed E-state index contributed by atoms with van der Waals surface area (Å²) in [5.41, 5.74) is -1.37. The standard InChI is InChI=1S/C16H11F5N2O3S.Na/c17-9-1-6-12(13(18)7-9)14-8-15(16(19,20)21)22-23(14)10-2-4-11(5-3-10)27(24,25)26;/h1-7,14H,8H2,(H,24,25,26);/q;+1/p-1/t14-;/m0./s1. The van der Waals surface area contributed by atoms with Crippen molar-refractivity contribution < 1.29 is 64.5 Å². The summed E-state index contributed by atoms with van der Waals surface area (Å²) in [6.07, 6.45) is -5.45. The monoisotopic (exact) mass is 428 g/mol. The number of hydrazone groups is 1. The smallest absolute Gasteiger partial charge is 0.744 e. The molecule has 5 nitrogen and oxygen atoms in total. The van der Waals surface area contributed by atoms with Gasteiger partial charge >= 0.3 is 35.7 Å². The normalized spacial score (nSPS) is 17.3. The van der Waals surface area contributed by atoms with Gasteiger partial charge < -0.3 is 4.55 Å². The molecule has 1 aliphatic rings. The zero-order valence-corrected chi connectivity index (χ0v) is 17.1. The summed E-state index contributed by atoms with van der Waals surface area (Å²) in [5.74, 6) is -1.93. The molecule has 144 valence electrons. The number of anilines is 1. The van der Waals surface area contributed by atoms with E-state index < -0.39 is 51.0 Å². The molecule has 3 rings (SSSR count). The zero-order valence-electron chi connectivity index (χ0n) is 14.2. The maximum atomic E-state index is 14.1. The van der Waals surface area contributed by atoms with Crippen LogP contribution in [0.3, 0.4) is 0 Å². The molecule has 0 amide bonds. The van der Waals surface area contributed by atoms with E-state index in [1.165, 1.54) is 0 Å².